The van der Waals surface area contributed by atoms with Gasteiger partial charge in [-0.2, -0.15) is 0 Å². The van der Waals surface area contributed by atoms with Crippen molar-refractivity contribution in [2.45, 2.75) is 67.7 Å². The predicted octanol–water partition coefficient (Wildman–Crippen LogP) is 3.17. The first-order valence-corrected chi connectivity index (χ1v) is 11.0. The summed E-state index contributed by atoms with van der Waals surface area (Å²) in [6.07, 6.45) is 6.40. The van der Waals surface area contributed by atoms with Crippen LogP contribution >= 0.6 is 11.8 Å². The van der Waals surface area contributed by atoms with Gasteiger partial charge >= 0.3 is 0 Å². The highest BCUT2D eigenvalue weighted by molar-refractivity contribution is 8.00. The summed E-state index contributed by atoms with van der Waals surface area (Å²) < 4.78 is 0. The second-order valence-electron chi connectivity index (χ2n) is 7.68. The van der Waals surface area contributed by atoms with Crippen molar-refractivity contribution in [3.8, 4) is 0 Å². The molecule has 0 aromatic heterocycles. The average molecular weight is 389 g/mol. The maximum absolute atomic E-state index is 12.4. The van der Waals surface area contributed by atoms with Crippen molar-refractivity contribution in [2.75, 3.05) is 13.6 Å². The average Bonchev–Trinajstić information content (AvgIpc) is 3.50. The number of hydrogen-bond donors (Lipinski definition) is 3. The zero-order valence-corrected chi connectivity index (χ0v) is 17.2. The molecule has 0 radical (unpaired) electrons. The molecule has 1 aromatic carbocycles. The molecule has 148 valence electrons. The van der Waals surface area contributed by atoms with Crippen LogP contribution in [0.3, 0.4) is 0 Å². The molecule has 2 aliphatic carbocycles. The van der Waals surface area contributed by atoms with Crippen molar-refractivity contribution < 1.29 is 4.79 Å². The van der Waals surface area contributed by atoms with E-state index in [1.165, 1.54) is 4.90 Å². The molecule has 1 aromatic rings. The van der Waals surface area contributed by atoms with Gasteiger partial charge in [0.2, 0.25) is 5.91 Å². The second-order valence-corrected chi connectivity index (χ2v) is 9.19. The van der Waals surface area contributed by atoms with Crippen molar-refractivity contribution in [1.82, 2.24) is 16.0 Å². The smallest absolute Gasteiger partial charge is 0.223 e. The highest BCUT2D eigenvalue weighted by atomic mass is 32.2. The largest absolute Gasteiger partial charge is 0.355 e. The zero-order valence-electron chi connectivity index (χ0n) is 16.4. The first-order valence-electron chi connectivity index (χ1n) is 10.1. The van der Waals surface area contributed by atoms with Crippen LogP contribution < -0.4 is 16.0 Å². The van der Waals surface area contributed by atoms with Gasteiger partial charge in [-0.15, -0.1) is 11.8 Å². The van der Waals surface area contributed by atoms with Gasteiger partial charge in [0, 0.05) is 41.7 Å². The molecule has 0 saturated heterocycles. The summed E-state index contributed by atoms with van der Waals surface area (Å²) in [5, 5.41) is 10.6. The van der Waals surface area contributed by atoms with E-state index in [2.05, 4.69) is 52.1 Å². The minimum atomic E-state index is 0.141. The molecular formula is C21H32N4OS. The Labute approximate surface area is 167 Å². The molecule has 2 saturated carbocycles. The maximum Gasteiger partial charge on any atom is 0.223 e. The minimum absolute atomic E-state index is 0.141. The summed E-state index contributed by atoms with van der Waals surface area (Å²) in [5.74, 6) is 1.23. The third-order valence-corrected chi connectivity index (χ3v) is 6.28. The number of benzene rings is 1. The monoisotopic (exact) mass is 388 g/mol. The van der Waals surface area contributed by atoms with Gasteiger partial charge in [0.25, 0.3) is 0 Å². The second kappa shape index (κ2) is 10.0. The highest BCUT2D eigenvalue weighted by Crippen LogP contribution is 2.27. The van der Waals surface area contributed by atoms with Crippen LogP contribution in [0.15, 0.2) is 40.2 Å². The van der Waals surface area contributed by atoms with E-state index in [1.807, 2.05) is 24.9 Å². The van der Waals surface area contributed by atoms with Gasteiger partial charge in [0.05, 0.1) is 0 Å². The molecule has 27 heavy (non-hydrogen) atoms. The number of amides is 1. The number of carbonyl (C=O) groups excluding carboxylic acids is 1. The fourth-order valence-corrected chi connectivity index (χ4v) is 4.45. The van der Waals surface area contributed by atoms with Gasteiger partial charge in [-0.1, -0.05) is 31.5 Å². The number of nitrogens with zero attached hydrogens (tertiary/aromatic N) is 1. The minimum Gasteiger partial charge on any atom is -0.355 e. The SMILES string of the molecule is CN=C(NCC(C)Sc1ccccc1)NC1CCCC(C(=O)NC2CC2)C1. The lowest BCUT2D eigenvalue weighted by molar-refractivity contribution is -0.126. The van der Waals surface area contributed by atoms with Crippen LogP contribution in [0.5, 0.6) is 0 Å². The summed E-state index contributed by atoms with van der Waals surface area (Å²) in [5.41, 5.74) is 0. The molecule has 0 spiro atoms. The molecule has 3 N–H and O–H groups in total. The van der Waals surface area contributed by atoms with Crippen LogP contribution in [0.2, 0.25) is 0 Å². The molecule has 1 amide bonds. The molecule has 5 nitrogen and oxygen atoms in total. The van der Waals surface area contributed by atoms with Gasteiger partial charge in [-0.05, 0) is 44.2 Å². The lowest BCUT2D eigenvalue weighted by Crippen LogP contribution is -2.48. The standard InChI is InChI=1S/C21H32N4OS/c1-15(27-19-9-4-3-5-10-19)14-23-21(22-2)25-18-8-6-7-16(13-18)20(26)24-17-11-12-17/h3-5,9-10,15-18H,6-8,11-14H2,1-2H3,(H,24,26)(H2,22,23,25). The lowest BCUT2D eigenvalue weighted by Gasteiger charge is -2.30. The summed E-state index contributed by atoms with van der Waals surface area (Å²) >= 11 is 1.86. The van der Waals surface area contributed by atoms with E-state index in [1.54, 1.807) is 0 Å². The van der Waals surface area contributed by atoms with Crippen LogP contribution in [-0.2, 0) is 4.79 Å². The number of rotatable bonds is 7. The van der Waals surface area contributed by atoms with Crippen molar-refractivity contribution >= 4 is 23.6 Å². The number of nitrogens with one attached hydrogen (secondary N) is 3. The first kappa shape index (κ1) is 20.1. The van der Waals surface area contributed by atoms with Crippen molar-refractivity contribution in [3.63, 3.8) is 0 Å². The van der Waals surface area contributed by atoms with E-state index in [9.17, 15) is 4.79 Å². The van der Waals surface area contributed by atoms with Crippen LogP contribution in [-0.4, -0.2) is 42.8 Å². The summed E-state index contributed by atoms with van der Waals surface area (Å²) in [6.45, 7) is 3.06. The van der Waals surface area contributed by atoms with Crippen LogP contribution in [0, 0.1) is 5.92 Å². The number of guanidine groups is 1. The Balaban J connectivity index is 1.41. The van der Waals surface area contributed by atoms with E-state index in [-0.39, 0.29) is 11.8 Å². The Morgan fingerprint density at radius 3 is 2.63 bits per heavy atom. The Kier molecular flexibility index (Phi) is 7.44. The molecule has 3 atom stereocenters. The quantitative estimate of drug-likeness (QED) is 0.381. The third kappa shape index (κ3) is 6.76. The topological polar surface area (TPSA) is 65.5 Å². The number of carbonyl (C=O) groups is 1. The summed E-state index contributed by atoms with van der Waals surface area (Å²) in [4.78, 5) is 18.0. The molecule has 2 fully saturated rings. The molecule has 0 heterocycles. The number of hydrogen-bond acceptors (Lipinski definition) is 3. The fourth-order valence-electron chi connectivity index (χ4n) is 3.51. The Morgan fingerprint density at radius 1 is 1.15 bits per heavy atom. The van der Waals surface area contributed by atoms with Crippen molar-refractivity contribution in [1.29, 1.82) is 0 Å². The molecule has 0 bridgehead atoms. The van der Waals surface area contributed by atoms with E-state index >= 15 is 0 Å². The van der Waals surface area contributed by atoms with E-state index in [0.717, 1.165) is 51.0 Å². The number of aliphatic imine (C=N–C) groups is 1. The zero-order chi connectivity index (χ0) is 19.1. The van der Waals surface area contributed by atoms with Gasteiger partial charge in [0.15, 0.2) is 5.96 Å². The van der Waals surface area contributed by atoms with Gasteiger partial charge < -0.3 is 16.0 Å². The highest BCUT2D eigenvalue weighted by Gasteiger charge is 2.31. The molecule has 2 aliphatic rings. The third-order valence-electron chi connectivity index (χ3n) is 5.17. The normalized spacial score (nSPS) is 24.1. The van der Waals surface area contributed by atoms with E-state index < -0.39 is 0 Å². The van der Waals surface area contributed by atoms with Gasteiger partial charge in [-0.3, -0.25) is 9.79 Å². The maximum atomic E-state index is 12.4. The molecule has 3 unspecified atom stereocenters. The Hall–Kier alpha value is -1.69. The van der Waals surface area contributed by atoms with Crippen LogP contribution in [0.4, 0.5) is 0 Å². The van der Waals surface area contributed by atoms with E-state index in [4.69, 9.17) is 0 Å². The number of thioether (sulfide) groups is 1. The lowest BCUT2D eigenvalue weighted by atomic mass is 9.85. The van der Waals surface area contributed by atoms with Crippen molar-refractivity contribution in [2.24, 2.45) is 10.9 Å². The van der Waals surface area contributed by atoms with Crippen molar-refractivity contribution in [3.05, 3.63) is 30.3 Å². The first-order chi connectivity index (χ1) is 13.1. The summed E-state index contributed by atoms with van der Waals surface area (Å²) in [7, 11) is 1.81. The van der Waals surface area contributed by atoms with Crippen LogP contribution in [0.25, 0.3) is 0 Å². The summed E-state index contributed by atoms with van der Waals surface area (Å²) in [6, 6.07) is 11.2. The molecule has 3 rings (SSSR count). The van der Waals surface area contributed by atoms with Gasteiger partial charge in [-0.25, -0.2) is 0 Å². The molecule has 0 aliphatic heterocycles. The Bertz CT molecular complexity index is 632. The van der Waals surface area contributed by atoms with E-state index in [0.29, 0.717) is 17.3 Å². The predicted molar refractivity (Wildman–Crippen MR) is 113 cm³/mol. The van der Waals surface area contributed by atoms with Gasteiger partial charge in [0.1, 0.15) is 0 Å². The fraction of sp³-hybridized carbons (Fsp3) is 0.619. The Morgan fingerprint density at radius 2 is 1.93 bits per heavy atom. The van der Waals surface area contributed by atoms with Crippen LogP contribution in [0.1, 0.15) is 45.4 Å². The molecule has 6 heteroatoms. The molecular weight excluding hydrogens is 356 g/mol.